The number of carbonyl (C=O) groups is 1. The summed E-state index contributed by atoms with van der Waals surface area (Å²) in [6, 6.07) is 9.63. The molecule has 288 valence electrons. The SMILES string of the molecule is C[C@@H]1C=C[C@H]([C@@H](O)CC(=O)CCc2ccc3c(c2)O[C@@H]2[C@@H](C#C[C@@H](O)c4ccc5c(c4CC4=CN=C6C[NH+]2C=C46)C=CN[C@@H]5N)C2(C#CO3)CCCC2)[C@@H](O)C1. The number of aliphatic hydroxyl groups excluding tert-OH is 3. The van der Waals surface area contributed by atoms with Crippen LogP contribution in [0.15, 0.2) is 77.2 Å². The van der Waals surface area contributed by atoms with E-state index in [0.29, 0.717) is 37.3 Å². The molecule has 5 aliphatic heterocycles. The lowest BCUT2D eigenvalue weighted by Gasteiger charge is -2.36. The molecule has 7 N–H and O–H groups in total. The van der Waals surface area contributed by atoms with Crippen molar-refractivity contribution in [1.82, 2.24) is 5.32 Å². The minimum Gasteiger partial charge on any atom is -0.437 e. The molecular formula is C46H49N4O6+. The van der Waals surface area contributed by atoms with Gasteiger partial charge in [-0.25, -0.2) is 0 Å². The number of benzene rings is 2. The first-order valence-corrected chi connectivity index (χ1v) is 20.1. The molecule has 0 amide bonds. The summed E-state index contributed by atoms with van der Waals surface area (Å²) in [5.41, 5.74) is 13.7. The number of nitrogens with zero attached hydrogens (tertiary/aromatic N) is 1. The molecule has 2 aliphatic carbocycles. The number of nitrogens with one attached hydrogen (secondary N) is 2. The van der Waals surface area contributed by atoms with Gasteiger partial charge >= 0.3 is 0 Å². The Balaban J connectivity index is 1.05. The number of aliphatic imine (C=N–C) groups is 1. The Morgan fingerprint density at radius 1 is 1.12 bits per heavy atom. The molecule has 0 radical (unpaired) electrons. The van der Waals surface area contributed by atoms with Crippen molar-refractivity contribution in [3.05, 3.63) is 100 Å². The van der Waals surface area contributed by atoms with Crippen molar-refractivity contribution in [2.75, 3.05) is 6.54 Å². The summed E-state index contributed by atoms with van der Waals surface area (Å²) < 4.78 is 13.3. The van der Waals surface area contributed by atoms with Gasteiger partial charge < -0.3 is 35.8 Å². The second-order valence-corrected chi connectivity index (χ2v) is 16.6. The Kier molecular flexibility index (Phi) is 9.73. The van der Waals surface area contributed by atoms with Crippen molar-refractivity contribution in [2.24, 2.45) is 33.9 Å². The van der Waals surface area contributed by atoms with Gasteiger partial charge in [0.25, 0.3) is 6.23 Å². The number of ether oxygens (including phenoxy) is 2. The highest BCUT2D eigenvalue weighted by Crippen LogP contribution is 2.47. The van der Waals surface area contributed by atoms with Gasteiger partial charge in [0.1, 0.15) is 48.5 Å². The van der Waals surface area contributed by atoms with Gasteiger partial charge in [-0.2, -0.15) is 0 Å². The third-order valence-corrected chi connectivity index (χ3v) is 12.8. The van der Waals surface area contributed by atoms with Gasteiger partial charge in [0.05, 0.1) is 23.2 Å². The molecule has 10 nitrogen and oxygen atoms in total. The van der Waals surface area contributed by atoms with Crippen LogP contribution in [0.25, 0.3) is 6.08 Å². The molecule has 2 aromatic carbocycles. The van der Waals surface area contributed by atoms with Crippen LogP contribution in [0.1, 0.15) is 92.0 Å². The van der Waals surface area contributed by atoms with Crippen molar-refractivity contribution in [3.8, 4) is 35.4 Å². The molecule has 0 saturated heterocycles. The van der Waals surface area contributed by atoms with Crippen molar-refractivity contribution < 1.29 is 34.5 Å². The molecule has 2 bridgehead atoms. The van der Waals surface area contributed by atoms with Gasteiger partial charge in [0.2, 0.25) is 0 Å². The first kappa shape index (κ1) is 36.7. The maximum absolute atomic E-state index is 13.1. The summed E-state index contributed by atoms with van der Waals surface area (Å²) in [5.74, 6) is 10.8. The zero-order valence-corrected chi connectivity index (χ0v) is 31.6. The third kappa shape index (κ3) is 6.80. The summed E-state index contributed by atoms with van der Waals surface area (Å²) in [6.45, 7) is 2.63. The second-order valence-electron chi connectivity index (χ2n) is 16.6. The molecule has 7 aliphatic rings. The van der Waals surface area contributed by atoms with E-state index in [4.69, 9.17) is 20.2 Å². The van der Waals surface area contributed by atoms with E-state index < -0.39 is 41.8 Å². The van der Waals surface area contributed by atoms with Crippen molar-refractivity contribution in [2.45, 2.75) is 95.4 Å². The number of ketones is 1. The number of fused-ring (bicyclic) bond motifs is 8. The molecule has 9 rings (SSSR count). The van der Waals surface area contributed by atoms with E-state index in [0.717, 1.165) is 75.3 Å². The number of carbonyl (C=O) groups excluding carboxylic acids is 1. The Hall–Kier alpha value is -4.94. The van der Waals surface area contributed by atoms with E-state index >= 15 is 0 Å². The normalized spacial score (nSPS) is 30.7. The van der Waals surface area contributed by atoms with E-state index in [1.807, 2.05) is 67.9 Å². The molecular weight excluding hydrogens is 705 g/mol. The summed E-state index contributed by atoms with van der Waals surface area (Å²) >= 11 is 0. The van der Waals surface area contributed by atoms with E-state index in [9.17, 15) is 20.1 Å². The molecule has 1 saturated carbocycles. The molecule has 0 aromatic heterocycles. The Labute approximate surface area is 327 Å². The van der Waals surface area contributed by atoms with Crippen LogP contribution in [0.4, 0.5) is 0 Å². The van der Waals surface area contributed by atoms with Gasteiger partial charge in [0.15, 0.2) is 11.5 Å². The van der Waals surface area contributed by atoms with Gasteiger partial charge in [-0.15, -0.1) is 0 Å². The van der Waals surface area contributed by atoms with E-state index in [1.54, 1.807) is 0 Å². The number of rotatable bonds is 6. The topological polar surface area (TPSA) is 151 Å². The first-order valence-electron chi connectivity index (χ1n) is 20.1. The highest BCUT2D eigenvalue weighted by Gasteiger charge is 2.51. The molecule has 2 aromatic rings. The van der Waals surface area contributed by atoms with E-state index in [1.165, 1.54) is 0 Å². The number of Topliss-reactive ketones (excluding diaryl/α,β-unsaturated/α-hetero) is 1. The average molecular weight is 754 g/mol. The Morgan fingerprint density at radius 3 is 2.80 bits per heavy atom. The molecule has 1 fully saturated rings. The molecule has 1 unspecified atom stereocenters. The van der Waals surface area contributed by atoms with E-state index in [-0.39, 0.29) is 30.7 Å². The fourth-order valence-electron chi connectivity index (χ4n) is 9.72. The maximum Gasteiger partial charge on any atom is 0.252 e. The number of nitrogens with two attached hydrogens (primary N) is 1. The molecule has 56 heavy (non-hydrogen) atoms. The third-order valence-electron chi connectivity index (χ3n) is 12.8. The molecule has 5 heterocycles. The molecule has 10 heteroatoms. The number of aliphatic hydroxyl groups is 3. The average Bonchev–Trinajstić information content (AvgIpc) is 3.92. The van der Waals surface area contributed by atoms with Gasteiger partial charge in [-0.05, 0) is 89.4 Å². The van der Waals surface area contributed by atoms with Crippen LogP contribution in [0.5, 0.6) is 11.5 Å². The lowest BCUT2D eigenvalue weighted by Crippen LogP contribution is -3.13. The summed E-state index contributed by atoms with van der Waals surface area (Å²) in [5, 5.41) is 36.4. The van der Waals surface area contributed by atoms with E-state index in [2.05, 4.69) is 35.4 Å². The monoisotopic (exact) mass is 753 g/mol. The molecule has 9 atom stereocenters. The fraction of sp³-hybridized carbons (Fsp3) is 0.435. The van der Waals surface area contributed by atoms with Crippen LogP contribution in [0.3, 0.4) is 0 Å². The van der Waals surface area contributed by atoms with Crippen LogP contribution >= 0.6 is 0 Å². The molecule has 1 spiro atoms. The Bertz CT molecular complexity index is 2230. The number of hydrogen-bond acceptors (Lipinski definition) is 9. The lowest BCUT2D eigenvalue weighted by molar-refractivity contribution is -0.888. The van der Waals surface area contributed by atoms with Crippen LogP contribution in [0.2, 0.25) is 0 Å². The highest BCUT2D eigenvalue weighted by molar-refractivity contribution is 6.08. The summed E-state index contributed by atoms with van der Waals surface area (Å²) in [7, 11) is 0. The van der Waals surface area contributed by atoms with Crippen molar-refractivity contribution in [3.63, 3.8) is 0 Å². The zero-order valence-electron chi connectivity index (χ0n) is 31.6. The predicted octanol–water partition coefficient (Wildman–Crippen LogP) is 3.69. The van der Waals surface area contributed by atoms with Crippen molar-refractivity contribution >= 4 is 17.6 Å². The number of aryl methyl sites for hydroxylation is 1. The first-order chi connectivity index (χ1) is 27.2. The second kappa shape index (κ2) is 14.9. The van der Waals surface area contributed by atoms with Gasteiger partial charge in [-0.3, -0.25) is 14.7 Å². The largest absolute Gasteiger partial charge is 0.437 e. The van der Waals surface area contributed by atoms with Crippen LogP contribution in [-0.4, -0.2) is 51.8 Å². The zero-order chi connectivity index (χ0) is 38.6. The highest BCUT2D eigenvalue weighted by atomic mass is 16.5. The smallest absolute Gasteiger partial charge is 0.252 e. The number of hydrogen-bond donors (Lipinski definition) is 6. The standard InChI is InChI=1S/C46H48N4O6/c1-27-4-8-34(40(53)20-27)41(54)23-30(51)7-5-28-6-13-42-43(21-28)56-45-37(46(17-19-55-42)15-2-3-16-46)11-12-39(52)32-9-10-33-31(14-18-48-44(33)47)35(32)22-29-24-49-38-26-50(45)25-36(29)38/h4,6,8-10,13-14,18,21,24-25,27,34,37,39-41,44-45,48,52-54H,2-3,5,7,15-16,20,22-23,26,47H2,1H3/p+1/t27-,34+,37-,39-,40+,41+,44+,45-/m1/s1. The number of quaternary nitrogens is 1. The Morgan fingerprint density at radius 2 is 1.96 bits per heavy atom. The van der Waals surface area contributed by atoms with Gasteiger partial charge in [0, 0.05) is 31.4 Å². The summed E-state index contributed by atoms with van der Waals surface area (Å²) in [4.78, 5) is 19.1. The quantitative estimate of drug-likeness (QED) is 0.193. The predicted molar refractivity (Wildman–Crippen MR) is 211 cm³/mol. The lowest BCUT2D eigenvalue weighted by atomic mass is 9.73. The van der Waals surface area contributed by atoms with Crippen LogP contribution in [0, 0.1) is 47.0 Å². The number of allylic oxidation sites excluding steroid dienone is 2. The minimum atomic E-state index is -1.06. The maximum atomic E-state index is 13.1. The van der Waals surface area contributed by atoms with Gasteiger partial charge in [-0.1, -0.05) is 67.9 Å². The van der Waals surface area contributed by atoms with Crippen molar-refractivity contribution in [1.29, 1.82) is 0 Å². The van der Waals surface area contributed by atoms with Crippen LogP contribution < -0.4 is 25.4 Å². The fourth-order valence-corrected chi connectivity index (χ4v) is 9.72. The summed E-state index contributed by atoms with van der Waals surface area (Å²) in [6.07, 6.45) is 16.9. The minimum absolute atomic E-state index is 0.0152. The van der Waals surface area contributed by atoms with Crippen LogP contribution in [-0.2, 0) is 17.6 Å².